The third-order valence-corrected chi connectivity index (χ3v) is 6.13. The van der Waals surface area contributed by atoms with Crippen LogP contribution in [0, 0.1) is 0 Å². The van der Waals surface area contributed by atoms with E-state index in [0.717, 1.165) is 31.0 Å². The van der Waals surface area contributed by atoms with E-state index in [4.69, 9.17) is 9.88 Å². The Bertz CT molecular complexity index is 1150. The Morgan fingerprint density at radius 1 is 1.17 bits per heavy atom. The number of ether oxygens (including phenoxy) is 1. The van der Waals surface area contributed by atoms with Gasteiger partial charge in [-0.25, -0.2) is 23.3 Å². The van der Waals surface area contributed by atoms with Crippen LogP contribution >= 0.6 is 0 Å². The molecule has 1 fully saturated rings. The van der Waals surface area contributed by atoms with E-state index in [1.807, 2.05) is 35.0 Å². The standard InChI is InChI=1S/C20H23N5O4S/c1-29-20(26)17-12-16(30(21,27)28)5-6-18(17)24-10-8-23(9-11-24)13-15-14-25-7-3-2-4-19(25)22-15/h2-7,12,14H,8-11,13H2,1H3,(H2,21,27,28). The lowest BCUT2D eigenvalue weighted by Gasteiger charge is -2.36. The normalized spacial score (nSPS) is 15.5. The second-order valence-corrected chi connectivity index (χ2v) is 8.74. The van der Waals surface area contributed by atoms with Gasteiger partial charge in [-0.15, -0.1) is 0 Å². The van der Waals surface area contributed by atoms with Crippen LogP contribution in [0.2, 0.25) is 0 Å². The minimum Gasteiger partial charge on any atom is -0.465 e. The van der Waals surface area contributed by atoms with E-state index < -0.39 is 16.0 Å². The number of carbonyl (C=O) groups excluding carboxylic acids is 1. The molecule has 0 saturated carbocycles. The monoisotopic (exact) mass is 429 g/mol. The summed E-state index contributed by atoms with van der Waals surface area (Å²) in [6.45, 7) is 3.68. The smallest absolute Gasteiger partial charge is 0.340 e. The van der Waals surface area contributed by atoms with Crippen molar-refractivity contribution in [2.75, 3.05) is 38.2 Å². The molecule has 0 atom stereocenters. The first-order valence-corrected chi connectivity index (χ1v) is 11.0. The highest BCUT2D eigenvalue weighted by molar-refractivity contribution is 7.89. The summed E-state index contributed by atoms with van der Waals surface area (Å²) in [4.78, 5) is 21.1. The molecule has 10 heteroatoms. The molecule has 1 aliphatic heterocycles. The predicted octanol–water partition coefficient (Wildman–Crippen LogP) is 1.09. The van der Waals surface area contributed by atoms with Crippen LogP contribution in [0.4, 0.5) is 5.69 Å². The summed E-state index contributed by atoms with van der Waals surface area (Å²) in [5.74, 6) is -0.595. The van der Waals surface area contributed by atoms with Gasteiger partial charge in [0.15, 0.2) is 0 Å². The van der Waals surface area contributed by atoms with Gasteiger partial charge in [-0.2, -0.15) is 0 Å². The van der Waals surface area contributed by atoms with Crippen molar-refractivity contribution in [3.05, 3.63) is 60.0 Å². The maximum atomic E-state index is 12.2. The number of carbonyl (C=O) groups is 1. The molecule has 3 heterocycles. The molecule has 0 amide bonds. The van der Waals surface area contributed by atoms with E-state index in [-0.39, 0.29) is 10.5 Å². The van der Waals surface area contributed by atoms with Crippen LogP contribution in [0.3, 0.4) is 0 Å². The molecule has 4 rings (SSSR count). The highest BCUT2D eigenvalue weighted by Gasteiger charge is 2.24. The number of benzene rings is 1. The SMILES string of the molecule is COC(=O)c1cc(S(N)(=O)=O)ccc1N1CCN(Cc2cn3ccccc3n2)CC1. The lowest BCUT2D eigenvalue weighted by molar-refractivity contribution is 0.0601. The zero-order valence-electron chi connectivity index (χ0n) is 16.6. The van der Waals surface area contributed by atoms with Gasteiger partial charge in [0.1, 0.15) is 5.65 Å². The fourth-order valence-electron chi connectivity index (χ4n) is 3.68. The molecular formula is C20H23N5O4S. The molecule has 2 N–H and O–H groups in total. The summed E-state index contributed by atoms with van der Waals surface area (Å²) in [6.07, 6.45) is 4.01. The molecule has 3 aromatic rings. The molecule has 1 saturated heterocycles. The Balaban J connectivity index is 1.48. The number of nitrogens with zero attached hydrogens (tertiary/aromatic N) is 4. The van der Waals surface area contributed by atoms with Crippen LogP contribution in [0.1, 0.15) is 16.1 Å². The Kier molecular flexibility index (Phi) is 5.46. The van der Waals surface area contributed by atoms with Gasteiger partial charge in [0.05, 0.1) is 29.0 Å². The van der Waals surface area contributed by atoms with Crippen LogP contribution in [-0.2, 0) is 21.3 Å². The number of rotatable bonds is 5. The molecule has 0 radical (unpaired) electrons. The maximum absolute atomic E-state index is 12.2. The van der Waals surface area contributed by atoms with Crippen molar-refractivity contribution in [2.45, 2.75) is 11.4 Å². The van der Waals surface area contributed by atoms with Gasteiger partial charge in [0, 0.05) is 45.1 Å². The first-order chi connectivity index (χ1) is 14.3. The third kappa shape index (κ3) is 4.16. The van der Waals surface area contributed by atoms with Crippen LogP contribution in [-0.4, -0.2) is 62.0 Å². The number of pyridine rings is 1. The average Bonchev–Trinajstić information content (AvgIpc) is 3.15. The number of sulfonamides is 1. The van der Waals surface area contributed by atoms with E-state index in [9.17, 15) is 13.2 Å². The average molecular weight is 430 g/mol. The van der Waals surface area contributed by atoms with Gasteiger partial charge in [-0.1, -0.05) is 6.07 Å². The lowest BCUT2D eigenvalue weighted by Crippen LogP contribution is -2.46. The molecule has 158 valence electrons. The fourth-order valence-corrected chi connectivity index (χ4v) is 4.22. The summed E-state index contributed by atoms with van der Waals surface area (Å²) in [6, 6.07) is 10.2. The Hall–Kier alpha value is -2.95. The number of piperazine rings is 1. The molecule has 9 nitrogen and oxygen atoms in total. The van der Waals surface area contributed by atoms with Crippen LogP contribution in [0.15, 0.2) is 53.7 Å². The number of hydrogen-bond donors (Lipinski definition) is 1. The maximum Gasteiger partial charge on any atom is 0.340 e. The number of methoxy groups -OCH3 is 1. The molecule has 0 bridgehead atoms. The van der Waals surface area contributed by atoms with Crippen molar-refractivity contribution < 1.29 is 17.9 Å². The van der Waals surface area contributed by atoms with Gasteiger partial charge in [-0.05, 0) is 30.3 Å². The number of primary sulfonamides is 1. The molecule has 0 spiro atoms. The molecule has 0 unspecified atom stereocenters. The van der Waals surface area contributed by atoms with Crippen molar-refractivity contribution in [3.63, 3.8) is 0 Å². The largest absolute Gasteiger partial charge is 0.465 e. The predicted molar refractivity (Wildman–Crippen MR) is 112 cm³/mol. The minimum absolute atomic E-state index is 0.114. The number of imidazole rings is 1. The topological polar surface area (TPSA) is 110 Å². The summed E-state index contributed by atoms with van der Waals surface area (Å²) < 4.78 is 30.2. The van der Waals surface area contributed by atoms with Gasteiger partial charge >= 0.3 is 5.97 Å². The van der Waals surface area contributed by atoms with E-state index in [1.54, 1.807) is 6.07 Å². The van der Waals surface area contributed by atoms with Gasteiger partial charge < -0.3 is 14.0 Å². The van der Waals surface area contributed by atoms with Crippen LogP contribution < -0.4 is 10.0 Å². The number of nitrogens with two attached hydrogens (primary N) is 1. The molecular weight excluding hydrogens is 406 g/mol. The number of fused-ring (bicyclic) bond motifs is 1. The second-order valence-electron chi connectivity index (χ2n) is 7.18. The summed E-state index contributed by atoms with van der Waals surface area (Å²) in [5, 5.41) is 5.21. The zero-order valence-corrected chi connectivity index (χ0v) is 17.4. The number of anilines is 1. The van der Waals surface area contributed by atoms with Gasteiger partial charge in [0.25, 0.3) is 0 Å². The highest BCUT2D eigenvalue weighted by atomic mass is 32.2. The molecule has 1 aliphatic rings. The number of hydrogen-bond acceptors (Lipinski definition) is 7. The van der Waals surface area contributed by atoms with E-state index in [1.165, 1.54) is 19.2 Å². The van der Waals surface area contributed by atoms with Crippen molar-refractivity contribution in [1.82, 2.24) is 14.3 Å². The molecule has 2 aromatic heterocycles. The first kappa shape index (κ1) is 20.3. The summed E-state index contributed by atoms with van der Waals surface area (Å²) in [5.41, 5.74) is 2.76. The molecule has 0 aliphatic carbocycles. The van der Waals surface area contributed by atoms with Crippen LogP contribution in [0.5, 0.6) is 0 Å². The van der Waals surface area contributed by atoms with Crippen molar-refractivity contribution in [1.29, 1.82) is 0 Å². The van der Waals surface area contributed by atoms with Crippen molar-refractivity contribution in [3.8, 4) is 0 Å². The molecule has 30 heavy (non-hydrogen) atoms. The second kappa shape index (κ2) is 8.05. The first-order valence-electron chi connectivity index (χ1n) is 9.50. The molecule has 1 aromatic carbocycles. The lowest BCUT2D eigenvalue weighted by atomic mass is 10.1. The summed E-state index contributed by atoms with van der Waals surface area (Å²) >= 11 is 0. The summed E-state index contributed by atoms with van der Waals surface area (Å²) in [7, 11) is -2.65. The van der Waals surface area contributed by atoms with Crippen molar-refractivity contribution in [2.24, 2.45) is 5.14 Å². The number of aromatic nitrogens is 2. The van der Waals surface area contributed by atoms with E-state index in [0.29, 0.717) is 18.8 Å². The Labute approximate surface area is 174 Å². The third-order valence-electron chi connectivity index (χ3n) is 5.21. The Morgan fingerprint density at radius 2 is 1.93 bits per heavy atom. The van der Waals surface area contributed by atoms with Gasteiger partial charge in [0.2, 0.25) is 10.0 Å². The minimum atomic E-state index is -3.91. The van der Waals surface area contributed by atoms with E-state index >= 15 is 0 Å². The Morgan fingerprint density at radius 3 is 2.60 bits per heavy atom. The quantitative estimate of drug-likeness (QED) is 0.605. The van der Waals surface area contributed by atoms with E-state index in [2.05, 4.69) is 14.8 Å². The van der Waals surface area contributed by atoms with Crippen molar-refractivity contribution >= 4 is 27.3 Å². The van der Waals surface area contributed by atoms with Crippen LogP contribution in [0.25, 0.3) is 5.65 Å². The highest BCUT2D eigenvalue weighted by Crippen LogP contribution is 2.26. The number of esters is 1. The van der Waals surface area contributed by atoms with Gasteiger partial charge in [-0.3, -0.25) is 4.90 Å². The fraction of sp³-hybridized carbons (Fsp3) is 0.300. The zero-order chi connectivity index (χ0) is 21.3.